The normalized spacial score (nSPS) is 11.3. The second-order valence-corrected chi connectivity index (χ2v) is 11.2. The zero-order valence-electron chi connectivity index (χ0n) is 20.7. The second-order valence-electron chi connectivity index (χ2n) is 8.40. The van der Waals surface area contributed by atoms with Gasteiger partial charge < -0.3 is 20.4 Å². The van der Waals surface area contributed by atoms with E-state index in [4.69, 9.17) is 29.5 Å². The van der Waals surface area contributed by atoms with Crippen molar-refractivity contribution in [2.75, 3.05) is 0 Å². The first-order valence-corrected chi connectivity index (χ1v) is 14.0. The van der Waals surface area contributed by atoms with Crippen LogP contribution in [0.1, 0.15) is 41.4 Å². The summed E-state index contributed by atoms with van der Waals surface area (Å²) in [6.45, 7) is 0. The van der Waals surface area contributed by atoms with Gasteiger partial charge in [-0.3, -0.25) is 9.11 Å². The molecule has 0 unspecified atom stereocenters. The summed E-state index contributed by atoms with van der Waals surface area (Å²) in [5.74, 6) is -5.18. The molecule has 0 aliphatic rings. The Kier molecular flexibility index (Phi) is 8.78. The van der Waals surface area contributed by atoms with Crippen LogP contribution in [0.4, 0.5) is 0 Å². The van der Waals surface area contributed by atoms with E-state index in [9.17, 15) is 36.0 Å². The molecule has 0 aliphatic carbocycles. The highest BCUT2D eigenvalue weighted by Crippen LogP contribution is 2.27. The number of hydrogen-bond donors (Lipinski definition) is 6. The molecule has 6 N–H and O–H groups in total. The smallest absolute Gasteiger partial charge is 0.335 e. The first-order valence-electron chi connectivity index (χ1n) is 11.1. The van der Waals surface area contributed by atoms with Gasteiger partial charge in [0.05, 0.1) is 27.1 Å². The molecule has 14 nitrogen and oxygen atoms in total. The lowest BCUT2D eigenvalue weighted by Gasteiger charge is -2.07. The summed E-state index contributed by atoms with van der Waals surface area (Å²) < 4.78 is 62.5. The lowest BCUT2D eigenvalue weighted by Crippen LogP contribution is -2.04. The number of benzene rings is 4. The third-order valence-corrected chi connectivity index (χ3v) is 7.36. The third kappa shape index (κ3) is 7.32. The topological polar surface area (TPSA) is 258 Å². The molecule has 0 amide bonds. The van der Waals surface area contributed by atoms with Crippen LogP contribution >= 0.6 is 0 Å². The van der Waals surface area contributed by atoms with Crippen molar-refractivity contribution in [3.63, 3.8) is 0 Å². The zero-order valence-corrected chi connectivity index (χ0v) is 22.3. The molecule has 0 heterocycles. The van der Waals surface area contributed by atoms with Crippen LogP contribution in [0.15, 0.2) is 82.6 Å². The Labute approximate surface area is 236 Å². The molecule has 0 bridgehead atoms. The van der Waals surface area contributed by atoms with Crippen LogP contribution in [0, 0.1) is 0 Å². The number of hydrogen-bond acceptors (Lipinski definition) is 8. The van der Waals surface area contributed by atoms with Crippen molar-refractivity contribution in [2.24, 2.45) is 0 Å². The van der Waals surface area contributed by atoms with Crippen LogP contribution in [0.2, 0.25) is 0 Å². The summed E-state index contributed by atoms with van der Waals surface area (Å²) in [6.07, 6.45) is 0. The number of carboxylic acid groups (broad SMARTS) is 4. The minimum Gasteiger partial charge on any atom is -0.478 e. The average Bonchev–Trinajstić information content (AvgIpc) is 2.91. The van der Waals surface area contributed by atoms with Gasteiger partial charge in [-0.05, 0) is 71.1 Å². The monoisotopic (exact) mass is 618 g/mol. The molecule has 0 radical (unpaired) electrons. The van der Waals surface area contributed by atoms with Crippen LogP contribution in [0.25, 0.3) is 21.9 Å². The molecule has 0 spiro atoms. The second kappa shape index (κ2) is 11.8. The average molecular weight is 619 g/mol. The van der Waals surface area contributed by atoms with Crippen LogP contribution in [0.5, 0.6) is 0 Å². The van der Waals surface area contributed by atoms with Gasteiger partial charge >= 0.3 is 23.9 Å². The summed E-state index contributed by atoms with van der Waals surface area (Å²) in [6, 6.07) is 14.0. The lowest BCUT2D eigenvalue weighted by molar-refractivity contribution is 0.0680. The maximum atomic E-state index is 11.3. The molecule has 0 saturated carbocycles. The van der Waals surface area contributed by atoms with Crippen LogP contribution < -0.4 is 0 Å². The first kappa shape index (κ1) is 31.4. The van der Waals surface area contributed by atoms with Gasteiger partial charge in [-0.15, -0.1) is 0 Å². The molecule has 0 atom stereocenters. The fourth-order valence-electron chi connectivity index (χ4n) is 3.67. The van der Waals surface area contributed by atoms with Gasteiger partial charge in [0.15, 0.2) is 0 Å². The fraction of sp³-hybridized carbons (Fsp3) is 0. The SMILES string of the molecule is O=C(O)c1cc(C(=O)O)cc(-c2ccc(S(=O)(=O)O)cc2)c1.O=C(O)c1ccc2c(S(=O)(=O)O)cc(C(=O)O)cc2c1. The molecular weight excluding hydrogens is 600 g/mol. The van der Waals surface area contributed by atoms with Gasteiger partial charge in [0.2, 0.25) is 0 Å². The summed E-state index contributed by atoms with van der Waals surface area (Å²) >= 11 is 0. The molecule has 0 aliphatic heterocycles. The van der Waals surface area contributed by atoms with Gasteiger partial charge in [0.1, 0.15) is 4.90 Å². The van der Waals surface area contributed by atoms with Crippen LogP contribution in [-0.4, -0.2) is 70.2 Å². The number of rotatable bonds is 7. The van der Waals surface area contributed by atoms with Gasteiger partial charge in [-0.25, -0.2) is 19.2 Å². The number of carboxylic acids is 4. The molecule has 0 aromatic heterocycles. The van der Waals surface area contributed by atoms with E-state index in [0.717, 1.165) is 36.4 Å². The van der Waals surface area contributed by atoms with Crippen LogP contribution in [-0.2, 0) is 20.2 Å². The van der Waals surface area contributed by atoms with Crippen molar-refractivity contribution in [3.8, 4) is 11.1 Å². The van der Waals surface area contributed by atoms with Crippen molar-refractivity contribution in [2.45, 2.75) is 9.79 Å². The van der Waals surface area contributed by atoms with Crippen molar-refractivity contribution in [3.05, 3.63) is 95.1 Å². The fourth-order valence-corrected chi connectivity index (χ4v) is 4.88. The molecule has 4 aromatic rings. The Morgan fingerprint density at radius 2 is 0.929 bits per heavy atom. The quantitative estimate of drug-likeness (QED) is 0.162. The summed E-state index contributed by atoms with van der Waals surface area (Å²) in [5.41, 5.74) is -0.173. The Morgan fingerprint density at radius 3 is 1.36 bits per heavy atom. The Bertz CT molecular complexity index is 1940. The number of carbonyl (C=O) groups is 4. The van der Waals surface area contributed by atoms with E-state index in [2.05, 4.69) is 0 Å². The van der Waals surface area contributed by atoms with Crippen molar-refractivity contribution >= 4 is 54.9 Å². The van der Waals surface area contributed by atoms with E-state index in [1.807, 2.05) is 0 Å². The largest absolute Gasteiger partial charge is 0.478 e. The maximum absolute atomic E-state index is 11.3. The Morgan fingerprint density at radius 1 is 0.476 bits per heavy atom. The van der Waals surface area contributed by atoms with Crippen LogP contribution in [0.3, 0.4) is 0 Å². The standard InChI is InChI=1S/C14H10O7S.C12H8O7S/c15-13(16)10-5-9(6-11(7-10)14(17)18)8-1-3-12(4-2-8)22(19,20)21;13-11(14)6-1-2-9-7(3-6)4-8(12(15)16)5-10(9)20(17,18)19/h1-7H,(H,15,16)(H,17,18)(H,19,20,21);1-5H,(H,13,14)(H,15,16)(H,17,18,19). The van der Waals surface area contributed by atoms with Crippen molar-refractivity contribution in [1.29, 1.82) is 0 Å². The van der Waals surface area contributed by atoms with E-state index >= 15 is 0 Å². The summed E-state index contributed by atoms with van der Waals surface area (Å²) in [7, 11) is -8.96. The highest BCUT2D eigenvalue weighted by Gasteiger charge is 2.19. The molecule has 0 saturated heterocycles. The van der Waals surface area contributed by atoms with Crippen molar-refractivity contribution in [1.82, 2.24) is 0 Å². The summed E-state index contributed by atoms with van der Waals surface area (Å²) in [5, 5.41) is 35.9. The Balaban J connectivity index is 0.000000231. The van der Waals surface area contributed by atoms with E-state index < -0.39 is 49.0 Å². The third-order valence-electron chi connectivity index (χ3n) is 5.60. The van der Waals surface area contributed by atoms with Gasteiger partial charge in [-0.2, -0.15) is 16.8 Å². The molecule has 0 fully saturated rings. The molecule has 218 valence electrons. The number of fused-ring (bicyclic) bond motifs is 1. The van der Waals surface area contributed by atoms with Crippen molar-refractivity contribution < 1.29 is 65.5 Å². The minimum atomic E-state index is -4.63. The number of aromatic carboxylic acids is 4. The Hall–Kier alpha value is -5.16. The zero-order chi connectivity index (χ0) is 31.6. The molecule has 4 rings (SSSR count). The highest BCUT2D eigenvalue weighted by molar-refractivity contribution is 7.86. The molecule has 16 heteroatoms. The molecule has 4 aromatic carbocycles. The van der Waals surface area contributed by atoms with Gasteiger partial charge in [0.25, 0.3) is 20.2 Å². The van der Waals surface area contributed by atoms with Gasteiger partial charge in [0, 0.05) is 5.39 Å². The molecule has 42 heavy (non-hydrogen) atoms. The highest BCUT2D eigenvalue weighted by atomic mass is 32.2. The first-order chi connectivity index (χ1) is 19.4. The summed E-state index contributed by atoms with van der Waals surface area (Å²) in [4.78, 5) is 43.0. The maximum Gasteiger partial charge on any atom is 0.335 e. The van der Waals surface area contributed by atoms with E-state index in [1.165, 1.54) is 36.4 Å². The predicted octanol–water partition coefficient (Wildman–Crippen LogP) is 3.48. The minimum absolute atomic E-state index is 0.0440. The predicted molar refractivity (Wildman–Crippen MR) is 143 cm³/mol. The van der Waals surface area contributed by atoms with E-state index in [-0.39, 0.29) is 37.9 Å². The van der Waals surface area contributed by atoms with E-state index in [0.29, 0.717) is 11.1 Å². The van der Waals surface area contributed by atoms with Gasteiger partial charge in [-0.1, -0.05) is 18.2 Å². The van der Waals surface area contributed by atoms with E-state index in [1.54, 1.807) is 0 Å². The molecular formula is C26H18O14S2. The lowest BCUT2D eigenvalue weighted by atomic mass is 10.00.